The molecular weight excluding hydrogens is 395 g/mol. The molecule has 0 atom stereocenters. The van der Waals surface area contributed by atoms with Crippen molar-refractivity contribution in [1.82, 2.24) is 5.32 Å². The number of hydrogen-bond acceptors (Lipinski definition) is 3. The molecule has 5 nitrogen and oxygen atoms in total. The first kappa shape index (κ1) is 18.5. The molecule has 9 heteroatoms. The van der Waals surface area contributed by atoms with E-state index in [4.69, 9.17) is 52.1 Å². The molecule has 24 heavy (non-hydrogen) atoms. The van der Waals surface area contributed by atoms with E-state index in [-0.39, 0.29) is 37.0 Å². The van der Waals surface area contributed by atoms with Crippen LogP contribution in [0.5, 0.6) is 0 Å². The Morgan fingerprint density at radius 3 is 2.42 bits per heavy atom. The fourth-order valence-corrected chi connectivity index (χ4v) is 2.51. The largest absolute Gasteiger partial charge is 0.478 e. The Morgan fingerprint density at radius 1 is 1.04 bits per heavy atom. The molecule has 0 spiro atoms. The number of anilines is 1. The maximum atomic E-state index is 12.2. The van der Waals surface area contributed by atoms with Gasteiger partial charge in [0, 0.05) is 0 Å². The van der Waals surface area contributed by atoms with Crippen LogP contribution in [-0.4, -0.2) is 22.1 Å². The molecule has 0 fully saturated rings. The highest BCUT2D eigenvalue weighted by Crippen LogP contribution is 2.26. The molecule has 0 saturated carbocycles. The van der Waals surface area contributed by atoms with E-state index in [1.807, 2.05) is 0 Å². The Morgan fingerprint density at radius 2 is 1.75 bits per heavy atom. The zero-order chi connectivity index (χ0) is 17.9. The summed E-state index contributed by atoms with van der Waals surface area (Å²) in [5, 5.41) is 14.6. The van der Waals surface area contributed by atoms with Crippen molar-refractivity contribution in [3.05, 3.63) is 62.6 Å². The average molecular weight is 404 g/mol. The first-order chi connectivity index (χ1) is 11.3. The van der Waals surface area contributed by atoms with Crippen LogP contribution in [0.25, 0.3) is 0 Å². The summed E-state index contributed by atoms with van der Waals surface area (Å²) in [4.78, 5) is 23.2. The molecule has 0 bridgehead atoms. The molecule has 0 saturated heterocycles. The Labute approximate surface area is 157 Å². The van der Waals surface area contributed by atoms with E-state index in [0.717, 1.165) is 0 Å². The van der Waals surface area contributed by atoms with Crippen LogP contribution in [0.4, 0.5) is 5.69 Å². The van der Waals surface area contributed by atoms with Gasteiger partial charge in [-0.15, -0.1) is 0 Å². The summed E-state index contributed by atoms with van der Waals surface area (Å²) in [6.45, 7) is 0. The minimum Gasteiger partial charge on any atom is -0.478 e. The van der Waals surface area contributed by atoms with E-state index in [1.165, 1.54) is 24.3 Å². The van der Waals surface area contributed by atoms with Crippen LogP contribution in [0.3, 0.4) is 0 Å². The van der Waals surface area contributed by atoms with Crippen LogP contribution in [0, 0.1) is 0 Å². The first-order valence-corrected chi connectivity index (χ1v) is 7.93. The van der Waals surface area contributed by atoms with Crippen LogP contribution in [0.1, 0.15) is 20.7 Å². The van der Waals surface area contributed by atoms with E-state index in [2.05, 4.69) is 10.6 Å². The summed E-state index contributed by atoms with van der Waals surface area (Å²) in [6.07, 6.45) is 0. The van der Waals surface area contributed by atoms with Gasteiger partial charge in [0.1, 0.15) is 0 Å². The third-order valence-corrected chi connectivity index (χ3v) is 4.24. The van der Waals surface area contributed by atoms with Crippen molar-refractivity contribution >= 4 is 69.7 Å². The summed E-state index contributed by atoms with van der Waals surface area (Å²) in [7, 11) is 0. The lowest BCUT2D eigenvalue weighted by Gasteiger charge is -2.12. The van der Waals surface area contributed by atoms with Crippen molar-refractivity contribution in [2.75, 3.05) is 5.32 Å². The number of benzene rings is 2. The zero-order valence-electron chi connectivity index (χ0n) is 11.8. The number of aromatic carboxylic acids is 1. The predicted molar refractivity (Wildman–Crippen MR) is 98.6 cm³/mol. The van der Waals surface area contributed by atoms with Gasteiger partial charge >= 0.3 is 5.97 Å². The number of carboxylic acid groups (broad SMARTS) is 1. The third-order valence-electron chi connectivity index (χ3n) is 2.88. The van der Waals surface area contributed by atoms with E-state index < -0.39 is 11.9 Å². The Hall–Kier alpha value is -1.86. The molecule has 2 aromatic carbocycles. The molecular formula is C15H9Cl3N2O3S. The van der Waals surface area contributed by atoms with E-state index in [9.17, 15) is 9.59 Å². The van der Waals surface area contributed by atoms with Crippen molar-refractivity contribution in [2.24, 2.45) is 0 Å². The molecule has 1 amide bonds. The van der Waals surface area contributed by atoms with Crippen molar-refractivity contribution in [2.45, 2.75) is 0 Å². The second-order valence-corrected chi connectivity index (χ2v) is 6.11. The van der Waals surface area contributed by atoms with Crippen LogP contribution >= 0.6 is 47.0 Å². The Kier molecular flexibility index (Phi) is 6.01. The molecule has 0 aliphatic rings. The van der Waals surface area contributed by atoms with Crippen LogP contribution in [0.15, 0.2) is 36.4 Å². The molecule has 0 unspecified atom stereocenters. The van der Waals surface area contributed by atoms with Gasteiger partial charge < -0.3 is 10.4 Å². The number of carboxylic acids is 1. The molecule has 2 aromatic rings. The molecule has 0 radical (unpaired) electrons. The number of halogens is 3. The number of rotatable bonds is 3. The summed E-state index contributed by atoms with van der Waals surface area (Å²) < 4.78 is 0. The molecule has 0 heterocycles. The van der Waals surface area contributed by atoms with Gasteiger partial charge in [-0.05, 0) is 42.5 Å². The fraction of sp³-hybridized carbons (Fsp3) is 0. The lowest BCUT2D eigenvalue weighted by atomic mass is 10.2. The normalized spacial score (nSPS) is 10.1. The van der Waals surface area contributed by atoms with E-state index >= 15 is 0 Å². The highest BCUT2D eigenvalue weighted by molar-refractivity contribution is 7.80. The van der Waals surface area contributed by atoms with Crippen molar-refractivity contribution < 1.29 is 14.7 Å². The van der Waals surface area contributed by atoms with Gasteiger partial charge in [0.25, 0.3) is 5.91 Å². The molecule has 2 rings (SSSR count). The minimum atomic E-state index is -1.12. The average Bonchev–Trinajstić information content (AvgIpc) is 2.51. The highest BCUT2D eigenvalue weighted by atomic mass is 35.5. The third kappa shape index (κ3) is 4.36. The summed E-state index contributed by atoms with van der Waals surface area (Å²) >= 11 is 22.8. The number of carbonyl (C=O) groups excluding carboxylic acids is 1. The summed E-state index contributed by atoms with van der Waals surface area (Å²) in [5.41, 5.74) is 0.423. The monoisotopic (exact) mass is 402 g/mol. The smallest absolute Gasteiger partial charge is 0.335 e. The number of nitrogens with one attached hydrogen (secondary N) is 2. The summed E-state index contributed by atoms with van der Waals surface area (Å²) in [5.74, 6) is -1.68. The van der Waals surface area contributed by atoms with Gasteiger partial charge in [-0.2, -0.15) is 0 Å². The van der Waals surface area contributed by atoms with Gasteiger partial charge in [-0.3, -0.25) is 10.1 Å². The topological polar surface area (TPSA) is 78.4 Å². The molecule has 3 N–H and O–H groups in total. The zero-order valence-corrected chi connectivity index (χ0v) is 14.9. The predicted octanol–water partition coefficient (Wildman–Crippen LogP) is 4.47. The van der Waals surface area contributed by atoms with Gasteiger partial charge in [0.05, 0.1) is 31.9 Å². The van der Waals surface area contributed by atoms with Gasteiger partial charge in [-0.1, -0.05) is 40.9 Å². The lowest BCUT2D eigenvalue weighted by Crippen LogP contribution is -2.34. The second-order valence-electron chi connectivity index (χ2n) is 4.51. The quantitative estimate of drug-likeness (QED) is 0.659. The fourth-order valence-electron chi connectivity index (χ4n) is 1.76. The Bertz CT molecular complexity index is 843. The van der Waals surface area contributed by atoms with Crippen molar-refractivity contribution in [1.29, 1.82) is 0 Å². The van der Waals surface area contributed by atoms with Gasteiger partial charge in [0.2, 0.25) is 0 Å². The Balaban J connectivity index is 2.14. The van der Waals surface area contributed by atoms with E-state index in [1.54, 1.807) is 12.1 Å². The van der Waals surface area contributed by atoms with Crippen molar-refractivity contribution in [3.8, 4) is 0 Å². The number of carbonyl (C=O) groups is 2. The van der Waals surface area contributed by atoms with Gasteiger partial charge in [0.15, 0.2) is 5.11 Å². The molecule has 124 valence electrons. The SMILES string of the molecule is O=C(O)c1ccc(Cl)c(NC(=S)NC(=O)c2cccc(Cl)c2Cl)c1. The number of amides is 1. The molecule has 0 aliphatic carbocycles. The van der Waals surface area contributed by atoms with Crippen LogP contribution < -0.4 is 10.6 Å². The maximum absolute atomic E-state index is 12.2. The maximum Gasteiger partial charge on any atom is 0.335 e. The first-order valence-electron chi connectivity index (χ1n) is 6.38. The van der Waals surface area contributed by atoms with E-state index in [0.29, 0.717) is 0 Å². The standard InChI is InChI=1S/C15H9Cl3N2O3S/c16-9-5-4-7(14(22)23)6-11(9)19-15(24)20-13(21)8-2-1-3-10(17)12(8)18/h1-6H,(H,22,23)(H2,19,20,21,24). The number of hydrogen-bond donors (Lipinski definition) is 3. The van der Waals surface area contributed by atoms with Crippen LogP contribution in [0.2, 0.25) is 15.1 Å². The number of thiocarbonyl (C=S) groups is 1. The lowest BCUT2D eigenvalue weighted by molar-refractivity contribution is 0.0696. The molecule has 0 aliphatic heterocycles. The van der Waals surface area contributed by atoms with Crippen LogP contribution in [-0.2, 0) is 0 Å². The van der Waals surface area contributed by atoms with Crippen molar-refractivity contribution in [3.63, 3.8) is 0 Å². The minimum absolute atomic E-state index is 0.0221. The second kappa shape index (κ2) is 7.81. The summed E-state index contributed by atoms with van der Waals surface area (Å²) in [6, 6.07) is 8.68. The highest BCUT2D eigenvalue weighted by Gasteiger charge is 2.15. The molecule has 0 aromatic heterocycles. The van der Waals surface area contributed by atoms with Gasteiger partial charge in [-0.25, -0.2) is 4.79 Å².